The number of hydrogen-bond acceptors (Lipinski definition) is 4. The van der Waals surface area contributed by atoms with Gasteiger partial charge in [0, 0.05) is 6.54 Å². The zero-order valence-corrected chi connectivity index (χ0v) is 19.8. The first-order valence-electron chi connectivity index (χ1n) is 12.7. The van der Waals surface area contributed by atoms with Crippen molar-refractivity contribution >= 4 is 18.0 Å². The quantitative estimate of drug-likeness (QED) is 0.697. The van der Waals surface area contributed by atoms with Gasteiger partial charge in [0.1, 0.15) is 11.8 Å². The van der Waals surface area contributed by atoms with Gasteiger partial charge < -0.3 is 14.7 Å². The van der Waals surface area contributed by atoms with Crippen LogP contribution in [0.3, 0.4) is 0 Å². The van der Waals surface area contributed by atoms with E-state index in [0.717, 1.165) is 37.7 Å². The number of benzene rings is 2. The zero-order chi connectivity index (χ0) is 24.4. The van der Waals surface area contributed by atoms with Crippen molar-refractivity contribution in [2.75, 3.05) is 6.54 Å². The van der Waals surface area contributed by atoms with Gasteiger partial charge in [-0.25, -0.2) is 9.59 Å². The van der Waals surface area contributed by atoms with E-state index in [0.29, 0.717) is 25.0 Å². The molecule has 2 amide bonds. The molecule has 3 fully saturated rings. The molecule has 1 aliphatic carbocycles. The number of hydrogen-bond donors (Lipinski definition) is 1. The molecule has 0 aromatic heterocycles. The van der Waals surface area contributed by atoms with E-state index >= 15 is 0 Å². The Hall–Kier alpha value is -3.35. The lowest BCUT2D eigenvalue weighted by atomic mass is 9.67. The molecule has 0 radical (unpaired) electrons. The average Bonchev–Trinajstić information content (AvgIpc) is 2.88. The number of para-hydroxylation sites is 1. The summed E-state index contributed by atoms with van der Waals surface area (Å²) in [7, 11) is 0. The molecule has 3 aliphatic rings. The van der Waals surface area contributed by atoms with Crippen molar-refractivity contribution in [1.29, 1.82) is 0 Å². The summed E-state index contributed by atoms with van der Waals surface area (Å²) in [4.78, 5) is 43.4. The Balaban J connectivity index is 1.47. The number of nitrogens with zero attached hydrogens (tertiary/aromatic N) is 2. The highest BCUT2D eigenvalue weighted by atomic mass is 16.6. The summed E-state index contributed by atoms with van der Waals surface area (Å²) >= 11 is 0. The van der Waals surface area contributed by atoms with E-state index in [4.69, 9.17) is 4.74 Å². The van der Waals surface area contributed by atoms with Gasteiger partial charge in [-0.3, -0.25) is 9.69 Å². The number of carbonyl (C=O) groups is 3. The predicted molar refractivity (Wildman–Crippen MR) is 130 cm³/mol. The van der Waals surface area contributed by atoms with E-state index in [1.807, 2.05) is 36.4 Å². The highest BCUT2D eigenvalue weighted by Crippen LogP contribution is 2.43. The van der Waals surface area contributed by atoms with Gasteiger partial charge in [0.25, 0.3) is 0 Å². The van der Waals surface area contributed by atoms with Crippen molar-refractivity contribution in [3.05, 3.63) is 66.2 Å². The van der Waals surface area contributed by atoms with Crippen LogP contribution in [0.1, 0.15) is 56.9 Å². The molecule has 2 saturated heterocycles. The fraction of sp³-hybridized carbons (Fsp3) is 0.464. The summed E-state index contributed by atoms with van der Waals surface area (Å²) in [6.45, 7) is 0.213. The summed E-state index contributed by atoms with van der Waals surface area (Å²) < 4.78 is 5.61. The second kappa shape index (κ2) is 9.72. The molecule has 35 heavy (non-hydrogen) atoms. The third-order valence-electron chi connectivity index (χ3n) is 8.01. The lowest BCUT2D eigenvalue weighted by Crippen LogP contribution is -2.72. The smallest absolute Gasteiger partial charge is 0.415 e. The fourth-order valence-corrected chi connectivity index (χ4v) is 6.40. The highest BCUT2D eigenvalue weighted by molar-refractivity contribution is 5.93. The summed E-state index contributed by atoms with van der Waals surface area (Å²) in [6, 6.07) is 16.7. The Bertz CT molecular complexity index is 1070. The summed E-state index contributed by atoms with van der Waals surface area (Å²) in [5.41, 5.74) is 0.249. The van der Waals surface area contributed by atoms with Crippen molar-refractivity contribution in [2.24, 2.45) is 0 Å². The number of piperazine rings is 1. The van der Waals surface area contributed by atoms with Crippen molar-refractivity contribution in [3.8, 4) is 5.75 Å². The van der Waals surface area contributed by atoms with E-state index in [2.05, 4.69) is 0 Å². The maximum absolute atomic E-state index is 14.3. The number of carboxylic acids is 1. The van der Waals surface area contributed by atoms with Crippen LogP contribution < -0.4 is 4.74 Å². The van der Waals surface area contributed by atoms with Gasteiger partial charge >= 0.3 is 12.1 Å². The second-order valence-corrected chi connectivity index (χ2v) is 9.99. The predicted octanol–water partition coefficient (Wildman–Crippen LogP) is 4.61. The maximum atomic E-state index is 14.3. The summed E-state index contributed by atoms with van der Waals surface area (Å²) in [5.74, 6) is -0.754. The van der Waals surface area contributed by atoms with Crippen LogP contribution in [0, 0.1) is 0 Å². The lowest BCUT2D eigenvalue weighted by Gasteiger charge is -2.54. The molecule has 7 nitrogen and oxygen atoms in total. The van der Waals surface area contributed by atoms with Crippen LogP contribution in [0.25, 0.3) is 0 Å². The Morgan fingerprint density at radius 2 is 1.51 bits per heavy atom. The molecule has 2 aromatic carbocycles. The number of fused-ring (bicyclic) bond motifs is 2. The standard InChI is InChI=1S/C28H32N2O5/c31-25(32)24-23-16-10-13-21(30(23)27(34)35-22-14-6-2-7-15-22)19-29(24)26(33)28(17-8-3-9-18-28)20-11-4-1-5-12-20/h1-2,4-7,11-12,14-15,21,23-24H,3,8-10,13,16-19H2,(H,31,32)/t21-,23+,24-/m0/s1. The monoisotopic (exact) mass is 476 g/mol. The molecule has 0 unspecified atom stereocenters. The Morgan fingerprint density at radius 1 is 0.857 bits per heavy atom. The number of ether oxygens (including phenoxy) is 1. The Morgan fingerprint density at radius 3 is 2.17 bits per heavy atom. The van der Waals surface area contributed by atoms with Gasteiger partial charge in [0.15, 0.2) is 0 Å². The van der Waals surface area contributed by atoms with Gasteiger partial charge in [0.05, 0.1) is 17.5 Å². The fourth-order valence-electron chi connectivity index (χ4n) is 6.40. The number of likely N-dealkylation sites (tertiary alicyclic amines) is 1. The van der Waals surface area contributed by atoms with Gasteiger partial charge in [-0.05, 0) is 49.8 Å². The van der Waals surface area contributed by atoms with Crippen LogP contribution in [0.2, 0.25) is 0 Å². The molecule has 2 aromatic rings. The first-order chi connectivity index (χ1) is 17.0. The van der Waals surface area contributed by atoms with E-state index < -0.39 is 29.6 Å². The maximum Gasteiger partial charge on any atom is 0.415 e. The summed E-state index contributed by atoms with van der Waals surface area (Å²) in [6.07, 6.45) is 5.91. The number of piperidine rings is 1. The van der Waals surface area contributed by atoms with Gasteiger partial charge in [-0.15, -0.1) is 0 Å². The second-order valence-electron chi connectivity index (χ2n) is 9.99. The van der Waals surface area contributed by atoms with Crippen molar-refractivity contribution in [3.63, 3.8) is 0 Å². The minimum absolute atomic E-state index is 0.108. The molecule has 3 atom stereocenters. The molecular weight excluding hydrogens is 444 g/mol. The first kappa shape index (κ1) is 23.4. The van der Waals surface area contributed by atoms with E-state index in [1.165, 1.54) is 0 Å². The zero-order valence-electron chi connectivity index (χ0n) is 19.8. The number of aliphatic carboxylic acids is 1. The lowest BCUT2D eigenvalue weighted by molar-refractivity contribution is -0.164. The SMILES string of the molecule is O=C(O)[C@@H]1[C@H]2CCC[C@@H](CN1C(=O)C1(c3ccccc3)CCCCC1)N2C(=O)Oc1ccccc1. The van der Waals surface area contributed by atoms with Crippen molar-refractivity contribution in [2.45, 2.75) is 74.9 Å². The third-order valence-corrected chi connectivity index (χ3v) is 8.01. The molecule has 1 saturated carbocycles. The first-order valence-corrected chi connectivity index (χ1v) is 12.7. The molecule has 0 spiro atoms. The minimum Gasteiger partial charge on any atom is -0.480 e. The molecule has 5 rings (SSSR count). The third kappa shape index (κ3) is 4.28. The molecule has 2 heterocycles. The number of carboxylic acid groups (broad SMARTS) is 1. The van der Waals surface area contributed by atoms with Crippen molar-refractivity contribution < 1.29 is 24.2 Å². The number of carbonyl (C=O) groups excluding carboxylic acids is 2. The molecule has 2 bridgehead atoms. The van der Waals surface area contributed by atoms with Crippen LogP contribution >= 0.6 is 0 Å². The highest BCUT2D eigenvalue weighted by Gasteiger charge is 2.55. The molecule has 1 N–H and O–H groups in total. The van der Waals surface area contributed by atoms with Crippen molar-refractivity contribution in [1.82, 2.24) is 9.80 Å². The van der Waals surface area contributed by atoms with Gasteiger partial charge in [0.2, 0.25) is 5.91 Å². The van der Waals surface area contributed by atoms with E-state index in [-0.39, 0.29) is 18.5 Å². The van der Waals surface area contributed by atoms with Crippen LogP contribution in [0.4, 0.5) is 4.79 Å². The normalized spacial score (nSPS) is 25.5. The van der Waals surface area contributed by atoms with Gasteiger partial charge in [-0.1, -0.05) is 67.8 Å². The van der Waals surface area contributed by atoms with E-state index in [9.17, 15) is 19.5 Å². The largest absolute Gasteiger partial charge is 0.480 e. The van der Waals surface area contributed by atoms with Crippen LogP contribution in [-0.4, -0.2) is 57.5 Å². The van der Waals surface area contributed by atoms with Gasteiger partial charge in [-0.2, -0.15) is 0 Å². The van der Waals surface area contributed by atoms with Crippen LogP contribution in [0.5, 0.6) is 5.75 Å². The summed E-state index contributed by atoms with van der Waals surface area (Å²) in [5, 5.41) is 10.3. The number of rotatable bonds is 4. The number of amides is 2. The molecule has 2 aliphatic heterocycles. The molecule has 7 heteroatoms. The topological polar surface area (TPSA) is 87.2 Å². The molecular formula is C28H32N2O5. The Kier molecular flexibility index (Phi) is 6.50. The van der Waals surface area contributed by atoms with E-state index in [1.54, 1.807) is 34.1 Å². The Labute approximate surface area is 205 Å². The minimum atomic E-state index is -1.09. The molecule has 184 valence electrons. The van der Waals surface area contributed by atoms with Crippen LogP contribution in [-0.2, 0) is 15.0 Å². The average molecular weight is 477 g/mol. The van der Waals surface area contributed by atoms with Crippen LogP contribution in [0.15, 0.2) is 60.7 Å².